The van der Waals surface area contributed by atoms with Crippen LogP contribution in [0.5, 0.6) is 0 Å². The third-order valence-electron chi connectivity index (χ3n) is 2.75. The number of anilines is 2. The Morgan fingerprint density at radius 2 is 1.94 bits per heavy atom. The molecule has 0 spiro atoms. The van der Waals surface area contributed by atoms with Gasteiger partial charge in [-0.3, -0.25) is 4.72 Å². The van der Waals surface area contributed by atoms with Crippen molar-refractivity contribution in [3.63, 3.8) is 0 Å². The van der Waals surface area contributed by atoms with Gasteiger partial charge < -0.3 is 10.1 Å². The van der Waals surface area contributed by atoms with Gasteiger partial charge in [0.25, 0.3) is 0 Å². The summed E-state index contributed by atoms with van der Waals surface area (Å²) in [6.07, 6.45) is 3.65. The fourth-order valence-corrected chi connectivity index (χ4v) is 2.47. The molecule has 2 rings (SSSR count). The van der Waals surface area contributed by atoms with Gasteiger partial charge in [-0.15, -0.1) is 0 Å². The second-order valence-corrected chi connectivity index (χ2v) is 6.22. The first-order valence-electron chi connectivity index (χ1n) is 5.96. The summed E-state index contributed by atoms with van der Waals surface area (Å²) >= 11 is 0. The van der Waals surface area contributed by atoms with Crippen LogP contribution in [-0.4, -0.2) is 33.9 Å². The Hall–Kier alpha value is -1.27. The van der Waals surface area contributed by atoms with Crippen LogP contribution in [0.25, 0.3) is 0 Å². The lowest BCUT2D eigenvalue weighted by Crippen LogP contribution is -2.18. The minimum atomic E-state index is -3.21. The molecule has 5 nitrogen and oxygen atoms in total. The Balaban J connectivity index is 1.87. The maximum atomic E-state index is 11.0. The van der Waals surface area contributed by atoms with Gasteiger partial charge in [0.2, 0.25) is 10.0 Å². The van der Waals surface area contributed by atoms with E-state index in [0.717, 1.165) is 37.9 Å². The minimum Gasteiger partial charge on any atom is -0.382 e. The molecule has 100 valence electrons. The molecule has 1 aromatic rings. The molecule has 1 fully saturated rings. The van der Waals surface area contributed by atoms with Crippen molar-refractivity contribution in [2.45, 2.75) is 18.9 Å². The summed E-state index contributed by atoms with van der Waals surface area (Å²) in [6, 6.07) is 7.17. The predicted molar refractivity (Wildman–Crippen MR) is 72.4 cm³/mol. The Morgan fingerprint density at radius 3 is 2.50 bits per heavy atom. The van der Waals surface area contributed by atoms with Crippen molar-refractivity contribution < 1.29 is 13.2 Å². The summed E-state index contributed by atoms with van der Waals surface area (Å²) in [5, 5.41) is 3.27. The molecule has 1 aliphatic rings. The van der Waals surface area contributed by atoms with E-state index in [4.69, 9.17) is 4.74 Å². The highest BCUT2D eigenvalue weighted by Crippen LogP contribution is 2.16. The van der Waals surface area contributed by atoms with Crippen LogP contribution in [0.1, 0.15) is 12.8 Å². The van der Waals surface area contributed by atoms with Gasteiger partial charge in [0.1, 0.15) is 0 Å². The number of benzene rings is 1. The fraction of sp³-hybridized carbons (Fsp3) is 0.500. The van der Waals surface area contributed by atoms with Crippen molar-refractivity contribution in [3.8, 4) is 0 Å². The molecule has 0 radical (unpaired) electrons. The van der Waals surface area contributed by atoms with Crippen molar-refractivity contribution in [2.24, 2.45) is 0 Å². The molecule has 1 aliphatic heterocycles. The monoisotopic (exact) mass is 270 g/mol. The highest BCUT2D eigenvalue weighted by molar-refractivity contribution is 7.92. The van der Waals surface area contributed by atoms with Crippen LogP contribution in [0.3, 0.4) is 0 Å². The van der Waals surface area contributed by atoms with Crippen LogP contribution >= 0.6 is 0 Å². The maximum Gasteiger partial charge on any atom is 0.229 e. The summed E-state index contributed by atoms with van der Waals surface area (Å²) in [5.74, 6) is 0. The van der Waals surface area contributed by atoms with E-state index in [1.807, 2.05) is 12.1 Å². The van der Waals surface area contributed by atoms with Gasteiger partial charge >= 0.3 is 0 Å². The Morgan fingerprint density at radius 1 is 1.28 bits per heavy atom. The van der Waals surface area contributed by atoms with E-state index in [1.165, 1.54) is 0 Å². The SMILES string of the molecule is CS(=O)(=O)Nc1ccc(NCC2CCCO2)cc1. The van der Waals surface area contributed by atoms with Crippen LogP contribution in [0.2, 0.25) is 0 Å². The molecular formula is C12H18N2O3S. The van der Waals surface area contributed by atoms with Crippen LogP contribution < -0.4 is 10.0 Å². The van der Waals surface area contributed by atoms with Gasteiger partial charge in [-0.2, -0.15) is 0 Å². The number of hydrogen-bond acceptors (Lipinski definition) is 4. The van der Waals surface area contributed by atoms with Crippen LogP contribution in [-0.2, 0) is 14.8 Å². The highest BCUT2D eigenvalue weighted by Gasteiger charge is 2.14. The standard InChI is InChI=1S/C12H18N2O3S/c1-18(15,16)14-11-6-4-10(5-7-11)13-9-12-3-2-8-17-12/h4-7,12-14H,2-3,8-9H2,1H3. The van der Waals surface area contributed by atoms with E-state index >= 15 is 0 Å². The number of ether oxygens (including phenoxy) is 1. The smallest absolute Gasteiger partial charge is 0.229 e. The first-order chi connectivity index (χ1) is 8.53. The molecule has 1 saturated heterocycles. The molecule has 0 aromatic heterocycles. The van der Waals surface area contributed by atoms with Gasteiger partial charge in [0.15, 0.2) is 0 Å². The Kier molecular flexibility index (Phi) is 4.08. The first kappa shape index (κ1) is 13.2. The molecule has 6 heteroatoms. The second-order valence-electron chi connectivity index (χ2n) is 4.47. The molecule has 1 heterocycles. The largest absolute Gasteiger partial charge is 0.382 e. The molecule has 0 saturated carbocycles. The lowest BCUT2D eigenvalue weighted by atomic mass is 10.2. The maximum absolute atomic E-state index is 11.0. The summed E-state index contributed by atoms with van der Waals surface area (Å²) in [7, 11) is -3.21. The number of hydrogen-bond donors (Lipinski definition) is 2. The van der Waals surface area contributed by atoms with Crippen molar-refractivity contribution >= 4 is 21.4 Å². The molecule has 1 aromatic carbocycles. The number of rotatable bonds is 5. The average Bonchev–Trinajstić information content (AvgIpc) is 2.79. The van der Waals surface area contributed by atoms with Crippen molar-refractivity contribution in [2.75, 3.05) is 29.4 Å². The fourth-order valence-electron chi connectivity index (χ4n) is 1.91. The van der Waals surface area contributed by atoms with E-state index in [0.29, 0.717) is 11.8 Å². The lowest BCUT2D eigenvalue weighted by molar-refractivity contribution is 0.120. The Bertz CT molecular complexity index is 479. The van der Waals surface area contributed by atoms with Crippen LogP contribution in [0, 0.1) is 0 Å². The van der Waals surface area contributed by atoms with Gasteiger partial charge in [-0.1, -0.05) is 0 Å². The molecule has 0 amide bonds. The molecular weight excluding hydrogens is 252 g/mol. The van der Waals surface area contributed by atoms with E-state index < -0.39 is 10.0 Å². The van der Waals surface area contributed by atoms with Gasteiger partial charge in [-0.05, 0) is 37.1 Å². The molecule has 2 N–H and O–H groups in total. The molecule has 0 aliphatic carbocycles. The zero-order valence-corrected chi connectivity index (χ0v) is 11.2. The van der Waals surface area contributed by atoms with E-state index in [2.05, 4.69) is 10.0 Å². The summed E-state index contributed by atoms with van der Waals surface area (Å²) in [4.78, 5) is 0. The molecule has 1 unspecified atom stereocenters. The van der Waals surface area contributed by atoms with E-state index in [-0.39, 0.29) is 0 Å². The zero-order valence-electron chi connectivity index (χ0n) is 10.3. The van der Waals surface area contributed by atoms with Gasteiger partial charge in [0.05, 0.1) is 12.4 Å². The topological polar surface area (TPSA) is 67.4 Å². The van der Waals surface area contributed by atoms with Crippen molar-refractivity contribution in [3.05, 3.63) is 24.3 Å². The zero-order chi connectivity index (χ0) is 13.0. The van der Waals surface area contributed by atoms with E-state index in [1.54, 1.807) is 12.1 Å². The third-order valence-corrected chi connectivity index (χ3v) is 3.35. The van der Waals surface area contributed by atoms with Crippen LogP contribution in [0.4, 0.5) is 11.4 Å². The van der Waals surface area contributed by atoms with E-state index in [9.17, 15) is 8.42 Å². The number of sulfonamides is 1. The molecule has 1 atom stereocenters. The first-order valence-corrected chi connectivity index (χ1v) is 7.85. The van der Waals surface area contributed by atoms with Crippen molar-refractivity contribution in [1.82, 2.24) is 0 Å². The highest BCUT2D eigenvalue weighted by atomic mass is 32.2. The van der Waals surface area contributed by atoms with Gasteiger partial charge in [0, 0.05) is 24.5 Å². The normalized spacial score (nSPS) is 19.7. The van der Waals surface area contributed by atoms with Gasteiger partial charge in [-0.25, -0.2) is 8.42 Å². The van der Waals surface area contributed by atoms with Crippen LogP contribution in [0.15, 0.2) is 24.3 Å². The van der Waals surface area contributed by atoms with Crippen molar-refractivity contribution in [1.29, 1.82) is 0 Å². The molecule has 18 heavy (non-hydrogen) atoms. The summed E-state index contributed by atoms with van der Waals surface area (Å²) < 4.78 is 30.0. The Labute approximate surface area is 108 Å². The minimum absolute atomic E-state index is 0.291. The lowest BCUT2D eigenvalue weighted by Gasteiger charge is -2.12. The summed E-state index contributed by atoms with van der Waals surface area (Å²) in [6.45, 7) is 1.64. The average molecular weight is 270 g/mol. The third kappa shape index (κ3) is 4.19. The molecule has 0 bridgehead atoms. The second kappa shape index (κ2) is 5.58. The predicted octanol–water partition coefficient (Wildman–Crippen LogP) is 1.65. The quantitative estimate of drug-likeness (QED) is 0.853. The number of nitrogens with one attached hydrogen (secondary N) is 2. The summed E-state index contributed by atoms with van der Waals surface area (Å²) in [5.41, 5.74) is 1.53.